The highest BCUT2D eigenvalue weighted by atomic mass is 16.5. The minimum Gasteiger partial charge on any atom is -0.497 e. The molecular weight excluding hydrogens is 284 g/mol. The van der Waals surface area contributed by atoms with Gasteiger partial charge < -0.3 is 10.1 Å². The number of nitrogens with one attached hydrogen (secondary N) is 2. The lowest BCUT2D eigenvalue weighted by Crippen LogP contribution is -2.32. The van der Waals surface area contributed by atoms with Crippen LogP contribution < -0.4 is 15.5 Å². The van der Waals surface area contributed by atoms with Crippen LogP contribution in [0.4, 0.5) is 5.69 Å². The maximum Gasteiger partial charge on any atom is 0.329 e. The number of ether oxygens (including phenoxy) is 1. The molecule has 0 aliphatic carbocycles. The largest absolute Gasteiger partial charge is 0.497 e. The number of aromatic nitrogens is 1. The Bertz CT molecular complexity index is 686. The molecule has 0 saturated heterocycles. The summed E-state index contributed by atoms with van der Waals surface area (Å²) in [7, 11) is 1.51. The van der Waals surface area contributed by atoms with Crippen molar-refractivity contribution in [3.63, 3.8) is 0 Å². The van der Waals surface area contributed by atoms with Gasteiger partial charge in [0.2, 0.25) is 0 Å². The van der Waals surface area contributed by atoms with Crippen LogP contribution in [-0.2, 0) is 9.59 Å². The zero-order valence-corrected chi connectivity index (χ0v) is 11.8. The molecule has 112 valence electrons. The minimum atomic E-state index is -0.872. The third-order valence-corrected chi connectivity index (χ3v) is 2.60. The maximum atomic E-state index is 11.7. The highest BCUT2D eigenvalue weighted by Gasteiger charge is 2.12. The summed E-state index contributed by atoms with van der Waals surface area (Å²) < 4.78 is 5.03. The van der Waals surface area contributed by atoms with E-state index in [-0.39, 0.29) is 0 Å². The van der Waals surface area contributed by atoms with Gasteiger partial charge in [0.25, 0.3) is 0 Å². The standard InChI is InChI=1S/C15H14N4O3/c1-22-13-6-2-5-12(8-13)18-14(20)15(21)19-17-10-11-4-3-7-16-9-11/h2-10H,1H3,(H,18,20)(H,19,21)/b17-10+. The molecule has 2 amide bonds. The summed E-state index contributed by atoms with van der Waals surface area (Å²) in [5, 5.41) is 6.14. The molecule has 1 aromatic heterocycles. The summed E-state index contributed by atoms with van der Waals surface area (Å²) in [4.78, 5) is 27.2. The fourth-order valence-corrected chi connectivity index (χ4v) is 1.56. The minimum absolute atomic E-state index is 0.454. The highest BCUT2D eigenvalue weighted by molar-refractivity contribution is 6.39. The SMILES string of the molecule is COc1cccc(NC(=O)C(=O)N/N=C/c2cccnc2)c1. The van der Waals surface area contributed by atoms with Crippen molar-refractivity contribution in [2.75, 3.05) is 12.4 Å². The van der Waals surface area contributed by atoms with Gasteiger partial charge in [0, 0.05) is 29.7 Å². The summed E-state index contributed by atoms with van der Waals surface area (Å²) in [6, 6.07) is 10.2. The molecule has 0 fully saturated rings. The van der Waals surface area contributed by atoms with E-state index in [4.69, 9.17) is 4.74 Å². The third kappa shape index (κ3) is 4.41. The lowest BCUT2D eigenvalue weighted by molar-refractivity contribution is -0.136. The molecule has 2 aromatic rings. The summed E-state index contributed by atoms with van der Waals surface area (Å²) in [5.41, 5.74) is 3.30. The molecule has 22 heavy (non-hydrogen) atoms. The lowest BCUT2D eigenvalue weighted by atomic mass is 10.3. The first-order valence-corrected chi connectivity index (χ1v) is 6.37. The van der Waals surface area contributed by atoms with Crippen molar-refractivity contribution in [2.24, 2.45) is 5.10 Å². The molecular formula is C15H14N4O3. The third-order valence-electron chi connectivity index (χ3n) is 2.60. The number of hydrogen-bond acceptors (Lipinski definition) is 5. The Kier molecular flexibility index (Phi) is 5.20. The highest BCUT2D eigenvalue weighted by Crippen LogP contribution is 2.16. The second-order valence-corrected chi connectivity index (χ2v) is 4.17. The van der Waals surface area contributed by atoms with E-state index < -0.39 is 11.8 Å². The number of pyridine rings is 1. The maximum absolute atomic E-state index is 11.7. The molecule has 0 spiro atoms. The van der Waals surface area contributed by atoms with Crippen molar-refractivity contribution in [1.82, 2.24) is 10.4 Å². The van der Waals surface area contributed by atoms with Gasteiger partial charge in [0.1, 0.15) is 5.75 Å². The molecule has 0 unspecified atom stereocenters. The molecule has 1 aromatic carbocycles. The molecule has 0 saturated carbocycles. The predicted molar refractivity (Wildman–Crippen MR) is 81.6 cm³/mol. The van der Waals surface area contributed by atoms with Crippen LogP contribution in [-0.4, -0.2) is 30.1 Å². The van der Waals surface area contributed by atoms with Gasteiger partial charge in [-0.05, 0) is 18.2 Å². The van der Waals surface area contributed by atoms with Crippen LogP contribution in [0.2, 0.25) is 0 Å². The zero-order valence-electron chi connectivity index (χ0n) is 11.8. The normalized spacial score (nSPS) is 10.2. The van der Waals surface area contributed by atoms with Crippen LogP contribution >= 0.6 is 0 Å². The number of hydrazone groups is 1. The van der Waals surface area contributed by atoms with E-state index in [2.05, 4.69) is 20.8 Å². The summed E-state index contributed by atoms with van der Waals surface area (Å²) >= 11 is 0. The molecule has 0 bridgehead atoms. The number of benzene rings is 1. The van der Waals surface area contributed by atoms with Crippen molar-refractivity contribution in [3.8, 4) is 5.75 Å². The molecule has 7 nitrogen and oxygen atoms in total. The number of amides is 2. The fraction of sp³-hybridized carbons (Fsp3) is 0.0667. The average molecular weight is 298 g/mol. The number of hydrogen-bond donors (Lipinski definition) is 2. The lowest BCUT2D eigenvalue weighted by Gasteiger charge is -2.05. The zero-order chi connectivity index (χ0) is 15.8. The van der Waals surface area contributed by atoms with Crippen molar-refractivity contribution in [2.45, 2.75) is 0 Å². The Balaban J connectivity index is 1.89. The van der Waals surface area contributed by atoms with E-state index in [1.807, 2.05) is 0 Å². The van der Waals surface area contributed by atoms with Crippen molar-refractivity contribution in [3.05, 3.63) is 54.4 Å². The summed E-state index contributed by atoms with van der Waals surface area (Å²) in [5.74, 6) is -1.12. The van der Waals surface area contributed by atoms with Crippen molar-refractivity contribution < 1.29 is 14.3 Å². The first-order valence-electron chi connectivity index (χ1n) is 6.37. The number of rotatable bonds is 4. The summed E-state index contributed by atoms with van der Waals surface area (Å²) in [6.45, 7) is 0. The quantitative estimate of drug-likeness (QED) is 0.503. The van der Waals surface area contributed by atoms with Crippen LogP contribution in [0.25, 0.3) is 0 Å². The number of methoxy groups -OCH3 is 1. The van der Waals surface area contributed by atoms with Gasteiger partial charge in [-0.1, -0.05) is 12.1 Å². The van der Waals surface area contributed by atoms with Gasteiger partial charge in [-0.25, -0.2) is 5.43 Å². The van der Waals surface area contributed by atoms with Crippen LogP contribution in [0, 0.1) is 0 Å². The Hall–Kier alpha value is -3.22. The molecule has 0 aliphatic heterocycles. The number of nitrogens with zero attached hydrogens (tertiary/aromatic N) is 2. The van der Waals surface area contributed by atoms with E-state index in [0.29, 0.717) is 17.0 Å². The van der Waals surface area contributed by atoms with E-state index >= 15 is 0 Å². The molecule has 2 N–H and O–H groups in total. The van der Waals surface area contributed by atoms with E-state index in [1.54, 1.807) is 48.8 Å². The molecule has 0 aliphatic rings. The predicted octanol–water partition coefficient (Wildman–Crippen LogP) is 1.18. The molecule has 7 heteroatoms. The molecule has 0 radical (unpaired) electrons. The van der Waals surface area contributed by atoms with Gasteiger partial charge in [-0.3, -0.25) is 14.6 Å². The smallest absolute Gasteiger partial charge is 0.329 e. The average Bonchev–Trinajstić information content (AvgIpc) is 2.56. The second-order valence-electron chi connectivity index (χ2n) is 4.17. The Morgan fingerprint density at radius 1 is 1.23 bits per heavy atom. The monoisotopic (exact) mass is 298 g/mol. The Morgan fingerprint density at radius 3 is 2.82 bits per heavy atom. The van der Waals surface area contributed by atoms with Crippen LogP contribution in [0.15, 0.2) is 53.9 Å². The second kappa shape index (κ2) is 7.53. The van der Waals surface area contributed by atoms with E-state index in [1.165, 1.54) is 13.3 Å². The van der Waals surface area contributed by atoms with Gasteiger partial charge in [0.05, 0.1) is 13.3 Å². The first kappa shape index (κ1) is 15.2. The van der Waals surface area contributed by atoms with Gasteiger partial charge in [-0.15, -0.1) is 0 Å². The molecule has 0 atom stereocenters. The van der Waals surface area contributed by atoms with Gasteiger partial charge >= 0.3 is 11.8 Å². The van der Waals surface area contributed by atoms with Crippen LogP contribution in [0.1, 0.15) is 5.56 Å². The number of carbonyl (C=O) groups excluding carboxylic acids is 2. The van der Waals surface area contributed by atoms with Crippen LogP contribution in [0.3, 0.4) is 0 Å². The molecule has 1 heterocycles. The molecule has 2 rings (SSSR count). The van der Waals surface area contributed by atoms with E-state index in [0.717, 1.165) is 0 Å². The van der Waals surface area contributed by atoms with Crippen molar-refractivity contribution in [1.29, 1.82) is 0 Å². The van der Waals surface area contributed by atoms with Gasteiger partial charge in [0.15, 0.2) is 0 Å². The number of anilines is 1. The van der Waals surface area contributed by atoms with Crippen LogP contribution in [0.5, 0.6) is 5.75 Å². The number of carbonyl (C=O) groups is 2. The Morgan fingerprint density at radius 2 is 2.09 bits per heavy atom. The topological polar surface area (TPSA) is 92.7 Å². The Labute approximate surface area is 127 Å². The van der Waals surface area contributed by atoms with E-state index in [9.17, 15) is 9.59 Å². The van der Waals surface area contributed by atoms with Crippen molar-refractivity contribution >= 4 is 23.7 Å². The first-order chi connectivity index (χ1) is 10.7. The fourth-order valence-electron chi connectivity index (χ4n) is 1.56. The van der Waals surface area contributed by atoms with Gasteiger partial charge in [-0.2, -0.15) is 5.10 Å². The summed E-state index contributed by atoms with van der Waals surface area (Å²) in [6.07, 6.45) is 4.59.